The molecule has 0 aliphatic heterocycles. The minimum absolute atomic E-state index is 1.21. The van der Waals surface area contributed by atoms with Crippen LogP contribution in [0.3, 0.4) is 0 Å². The van der Waals surface area contributed by atoms with E-state index in [0.29, 0.717) is 0 Å². The summed E-state index contributed by atoms with van der Waals surface area (Å²) >= 11 is 0. The molecule has 0 fully saturated rings. The fourth-order valence-corrected chi connectivity index (χ4v) is 13.6. The Morgan fingerprint density at radius 2 is 0.372 bits per heavy atom. The van der Waals surface area contributed by atoms with Gasteiger partial charge in [0.1, 0.15) is 0 Å². The van der Waals surface area contributed by atoms with Crippen LogP contribution in [0.25, 0.3) is 164 Å². The van der Waals surface area contributed by atoms with Crippen molar-refractivity contribution in [2.24, 2.45) is 0 Å². The van der Waals surface area contributed by atoms with Gasteiger partial charge in [0.05, 0.1) is 0 Å². The zero-order valence-electron chi connectivity index (χ0n) is 42.7. The molecule has 0 N–H and O–H groups in total. The SMILES string of the molecule is c1ccc(-c2ccccc2-c2c3ccccc3c(-c3ccc4c5ccccc5c5c6cc(-c7c8ccccc8c(-c8ccccc8-c8ccccc8)c8ccccc78)ccc6c6ccccc6c5c4c3)c3ccccc23)cc1. The molecule has 0 heteroatoms. The van der Waals surface area contributed by atoms with Gasteiger partial charge < -0.3 is 0 Å². The summed E-state index contributed by atoms with van der Waals surface area (Å²) in [5.74, 6) is 0. The van der Waals surface area contributed by atoms with Gasteiger partial charge in [-0.3, -0.25) is 0 Å². The van der Waals surface area contributed by atoms with E-state index in [9.17, 15) is 0 Å². The molecular weight excluding hydrogens is 937 g/mol. The first-order valence-corrected chi connectivity index (χ1v) is 27.2. The third-order valence-electron chi connectivity index (χ3n) is 16.8. The highest BCUT2D eigenvalue weighted by atomic mass is 14.3. The summed E-state index contributed by atoms with van der Waals surface area (Å²) in [6.45, 7) is 0. The lowest BCUT2D eigenvalue weighted by Crippen LogP contribution is -1.94. The van der Waals surface area contributed by atoms with Crippen LogP contribution in [0.15, 0.2) is 291 Å². The van der Waals surface area contributed by atoms with E-state index >= 15 is 0 Å². The summed E-state index contributed by atoms with van der Waals surface area (Å²) in [6.07, 6.45) is 0. The molecule has 16 aromatic rings. The number of rotatable bonds is 6. The van der Waals surface area contributed by atoms with E-state index in [4.69, 9.17) is 0 Å². The highest BCUT2D eigenvalue weighted by Gasteiger charge is 2.24. The molecule has 0 aliphatic carbocycles. The number of fused-ring (bicyclic) bond motifs is 15. The smallest absolute Gasteiger partial charge is 0.00137 e. The Morgan fingerprint density at radius 3 is 0.705 bits per heavy atom. The number of benzene rings is 16. The maximum absolute atomic E-state index is 2.52. The van der Waals surface area contributed by atoms with Gasteiger partial charge in [-0.15, -0.1) is 0 Å². The molecule has 0 nitrogen and oxygen atoms in total. The van der Waals surface area contributed by atoms with Crippen molar-refractivity contribution in [2.75, 3.05) is 0 Å². The maximum atomic E-state index is 2.52. The van der Waals surface area contributed by atoms with E-state index in [1.54, 1.807) is 0 Å². The van der Waals surface area contributed by atoms with Gasteiger partial charge in [-0.1, -0.05) is 279 Å². The molecule has 78 heavy (non-hydrogen) atoms. The second-order valence-corrected chi connectivity index (χ2v) is 20.9. The van der Waals surface area contributed by atoms with Crippen LogP contribution in [0, 0.1) is 0 Å². The van der Waals surface area contributed by atoms with Crippen molar-refractivity contribution >= 4 is 97.0 Å². The fraction of sp³-hybridized carbons (Fsp3) is 0. The Morgan fingerprint density at radius 1 is 0.128 bits per heavy atom. The first kappa shape index (κ1) is 44.2. The zero-order chi connectivity index (χ0) is 51.3. The Labute approximate surface area is 452 Å². The summed E-state index contributed by atoms with van der Waals surface area (Å²) < 4.78 is 0. The van der Waals surface area contributed by atoms with Crippen LogP contribution in [0.2, 0.25) is 0 Å². The molecule has 0 aliphatic rings. The molecule has 16 aromatic carbocycles. The molecule has 0 aromatic heterocycles. The van der Waals surface area contributed by atoms with Gasteiger partial charge in [-0.25, -0.2) is 0 Å². The standard InChI is InChI=1S/C78H48/c1-3-23-49(24-4-1)53-27-7-11-31-59(53)75-67-39-19-15-35-63(67)73(64-36-16-20-40-68(64)75)51-43-45-57-55-29-9-14-34-62(55)78-72-48-52(44-46-58(72)56-30-10-13-33-61(56)77(78)71(57)47-51)74-65-37-17-21-41-69(65)76(70-42-22-18-38-66(70)74)60-32-12-8-28-54(60)50-25-5-2-6-26-50/h1-48H. The maximum Gasteiger partial charge on any atom is -0.00137 e. The fourth-order valence-electron chi connectivity index (χ4n) is 13.6. The van der Waals surface area contributed by atoms with Crippen molar-refractivity contribution < 1.29 is 0 Å². The van der Waals surface area contributed by atoms with Crippen molar-refractivity contribution in [1.82, 2.24) is 0 Å². The lowest BCUT2D eigenvalue weighted by molar-refractivity contribution is 1.61. The summed E-state index contributed by atoms with van der Waals surface area (Å²) in [7, 11) is 0. The van der Waals surface area contributed by atoms with Gasteiger partial charge in [0.25, 0.3) is 0 Å². The summed E-state index contributed by atoms with van der Waals surface area (Å²) in [5.41, 5.74) is 14.8. The molecule has 0 saturated heterocycles. The lowest BCUT2D eigenvalue weighted by atomic mass is 9.82. The van der Waals surface area contributed by atoms with E-state index in [1.165, 1.54) is 164 Å². The topological polar surface area (TPSA) is 0 Å². The molecule has 0 unspecified atom stereocenters. The monoisotopic (exact) mass is 984 g/mol. The molecule has 0 saturated carbocycles. The van der Waals surface area contributed by atoms with Crippen LogP contribution in [-0.4, -0.2) is 0 Å². The molecule has 16 rings (SSSR count). The van der Waals surface area contributed by atoms with E-state index in [0.717, 1.165) is 0 Å². The van der Waals surface area contributed by atoms with Crippen molar-refractivity contribution in [3.63, 3.8) is 0 Å². The van der Waals surface area contributed by atoms with Gasteiger partial charge in [0.2, 0.25) is 0 Å². The Bertz CT molecular complexity index is 4680. The van der Waals surface area contributed by atoms with Crippen molar-refractivity contribution in [2.45, 2.75) is 0 Å². The van der Waals surface area contributed by atoms with Crippen molar-refractivity contribution in [1.29, 1.82) is 0 Å². The van der Waals surface area contributed by atoms with E-state index in [-0.39, 0.29) is 0 Å². The van der Waals surface area contributed by atoms with E-state index in [1.807, 2.05) is 0 Å². The van der Waals surface area contributed by atoms with Crippen LogP contribution in [0.5, 0.6) is 0 Å². The van der Waals surface area contributed by atoms with Gasteiger partial charge >= 0.3 is 0 Å². The molecule has 0 heterocycles. The largest absolute Gasteiger partial charge is 0.0622 e. The number of hydrogen-bond donors (Lipinski definition) is 0. The minimum Gasteiger partial charge on any atom is -0.0622 e. The number of hydrogen-bond acceptors (Lipinski definition) is 0. The first-order valence-electron chi connectivity index (χ1n) is 27.2. The molecule has 0 bridgehead atoms. The van der Waals surface area contributed by atoms with Crippen LogP contribution in [-0.2, 0) is 0 Å². The predicted octanol–water partition coefficient (Wildman–Crippen LogP) is 22.1. The average Bonchev–Trinajstić information content (AvgIpc) is 3.66. The highest BCUT2D eigenvalue weighted by Crippen LogP contribution is 2.51. The third-order valence-corrected chi connectivity index (χ3v) is 16.8. The summed E-state index contributed by atoms with van der Waals surface area (Å²) in [5, 5.41) is 22.6. The Hall–Kier alpha value is -10.1. The van der Waals surface area contributed by atoms with Gasteiger partial charge in [-0.05, 0) is 176 Å². The predicted molar refractivity (Wildman–Crippen MR) is 337 cm³/mol. The molecule has 0 radical (unpaired) electrons. The third kappa shape index (κ3) is 6.67. The van der Waals surface area contributed by atoms with Gasteiger partial charge in [0, 0.05) is 0 Å². The molecular formula is C78H48. The van der Waals surface area contributed by atoms with Crippen LogP contribution >= 0.6 is 0 Å². The van der Waals surface area contributed by atoms with Crippen molar-refractivity contribution in [3.8, 4) is 66.8 Å². The molecule has 0 atom stereocenters. The van der Waals surface area contributed by atoms with Crippen LogP contribution in [0.4, 0.5) is 0 Å². The quantitative estimate of drug-likeness (QED) is 0.115. The van der Waals surface area contributed by atoms with Crippen LogP contribution < -0.4 is 0 Å². The second-order valence-electron chi connectivity index (χ2n) is 20.9. The normalized spacial score (nSPS) is 11.8. The summed E-state index contributed by atoms with van der Waals surface area (Å²) in [4.78, 5) is 0. The summed E-state index contributed by atoms with van der Waals surface area (Å²) in [6, 6.07) is 109. The van der Waals surface area contributed by atoms with Crippen molar-refractivity contribution in [3.05, 3.63) is 291 Å². The second kappa shape index (κ2) is 17.7. The first-order chi connectivity index (χ1) is 38.8. The molecule has 360 valence electrons. The lowest BCUT2D eigenvalue weighted by Gasteiger charge is -2.21. The van der Waals surface area contributed by atoms with Gasteiger partial charge in [0.15, 0.2) is 0 Å². The Kier molecular flexibility index (Phi) is 10.0. The minimum atomic E-state index is 1.21. The molecule has 0 spiro atoms. The highest BCUT2D eigenvalue weighted by molar-refractivity contribution is 6.40. The van der Waals surface area contributed by atoms with E-state index in [2.05, 4.69) is 291 Å². The Balaban J connectivity index is 0.986. The zero-order valence-corrected chi connectivity index (χ0v) is 42.7. The van der Waals surface area contributed by atoms with E-state index < -0.39 is 0 Å². The molecule has 0 amide bonds. The average molecular weight is 985 g/mol. The van der Waals surface area contributed by atoms with Gasteiger partial charge in [-0.2, -0.15) is 0 Å². The van der Waals surface area contributed by atoms with Crippen LogP contribution in [0.1, 0.15) is 0 Å².